The first-order chi connectivity index (χ1) is 8.54. The minimum absolute atomic E-state index is 0.0780. The number of aromatic nitrogens is 1. The molecule has 1 fully saturated rings. The average Bonchev–Trinajstić information content (AvgIpc) is 3.01. The minimum Gasteiger partial charge on any atom is -0.369 e. The number of nitrogens with one attached hydrogen (secondary N) is 2. The van der Waals surface area contributed by atoms with Gasteiger partial charge >= 0.3 is 0 Å². The maximum Gasteiger partial charge on any atom is 0.244 e. The maximum atomic E-state index is 12.2. The van der Waals surface area contributed by atoms with Crippen molar-refractivity contribution >= 4 is 15.8 Å². The van der Waals surface area contributed by atoms with Gasteiger partial charge in [0.25, 0.3) is 0 Å². The van der Waals surface area contributed by atoms with Gasteiger partial charge in [-0.2, -0.15) is 0 Å². The predicted octanol–water partition coefficient (Wildman–Crippen LogP) is 1.59. The first-order valence-corrected chi connectivity index (χ1v) is 7.74. The molecule has 1 aromatic heterocycles. The highest BCUT2D eigenvalue weighted by Gasteiger charge is 2.37. The summed E-state index contributed by atoms with van der Waals surface area (Å²) in [5, 5.41) is 3.04. The standard InChI is InChI=1S/C12H19N3O2S/c1-3-6-13-12-11(5-4-7-14-12)18(16,17)15-10-8-9(10)2/h4-5,7,9-10,15H,3,6,8H2,1-2H3,(H,13,14). The van der Waals surface area contributed by atoms with E-state index in [9.17, 15) is 8.42 Å². The van der Waals surface area contributed by atoms with Gasteiger partial charge in [-0.1, -0.05) is 13.8 Å². The van der Waals surface area contributed by atoms with Crippen LogP contribution >= 0.6 is 0 Å². The number of hydrogen-bond donors (Lipinski definition) is 2. The molecule has 0 saturated heterocycles. The van der Waals surface area contributed by atoms with Crippen molar-refractivity contribution in [3.05, 3.63) is 18.3 Å². The SMILES string of the molecule is CCCNc1ncccc1S(=O)(=O)NC1CC1C. The molecule has 0 aliphatic heterocycles. The Hall–Kier alpha value is -1.14. The van der Waals surface area contributed by atoms with Crippen LogP contribution in [0.3, 0.4) is 0 Å². The van der Waals surface area contributed by atoms with E-state index in [1.807, 2.05) is 13.8 Å². The fraction of sp³-hybridized carbons (Fsp3) is 0.583. The van der Waals surface area contributed by atoms with E-state index in [0.29, 0.717) is 18.3 Å². The molecule has 6 heteroatoms. The Morgan fingerprint density at radius 3 is 2.83 bits per heavy atom. The Labute approximate surface area is 108 Å². The third-order valence-corrected chi connectivity index (χ3v) is 4.54. The molecule has 1 saturated carbocycles. The monoisotopic (exact) mass is 269 g/mol. The van der Waals surface area contributed by atoms with Gasteiger partial charge in [0.15, 0.2) is 0 Å². The van der Waals surface area contributed by atoms with E-state index in [1.54, 1.807) is 18.3 Å². The van der Waals surface area contributed by atoms with Crippen molar-refractivity contribution < 1.29 is 8.42 Å². The van der Waals surface area contributed by atoms with Gasteiger partial charge in [-0.15, -0.1) is 0 Å². The van der Waals surface area contributed by atoms with E-state index in [0.717, 1.165) is 12.8 Å². The predicted molar refractivity (Wildman–Crippen MR) is 70.9 cm³/mol. The Morgan fingerprint density at radius 1 is 1.50 bits per heavy atom. The summed E-state index contributed by atoms with van der Waals surface area (Å²) < 4.78 is 27.1. The average molecular weight is 269 g/mol. The molecule has 1 heterocycles. The number of pyridine rings is 1. The largest absolute Gasteiger partial charge is 0.369 e. The third kappa shape index (κ3) is 3.00. The highest BCUT2D eigenvalue weighted by atomic mass is 32.2. The summed E-state index contributed by atoms with van der Waals surface area (Å²) in [6, 6.07) is 3.30. The summed E-state index contributed by atoms with van der Waals surface area (Å²) in [7, 11) is -3.47. The van der Waals surface area contributed by atoms with Crippen molar-refractivity contribution in [2.24, 2.45) is 5.92 Å². The van der Waals surface area contributed by atoms with Gasteiger partial charge in [-0.3, -0.25) is 0 Å². The molecule has 0 aromatic carbocycles. The lowest BCUT2D eigenvalue weighted by Crippen LogP contribution is -2.28. The van der Waals surface area contributed by atoms with Crippen LogP contribution < -0.4 is 10.0 Å². The maximum absolute atomic E-state index is 12.2. The molecule has 18 heavy (non-hydrogen) atoms. The van der Waals surface area contributed by atoms with Crippen molar-refractivity contribution in [3.63, 3.8) is 0 Å². The molecule has 2 atom stereocenters. The summed E-state index contributed by atoms with van der Waals surface area (Å²) in [5.74, 6) is 0.864. The molecular formula is C12H19N3O2S. The second kappa shape index (κ2) is 5.24. The van der Waals surface area contributed by atoms with E-state index >= 15 is 0 Å². The lowest BCUT2D eigenvalue weighted by Gasteiger charge is -2.11. The molecule has 2 N–H and O–H groups in total. The second-order valence-electron chi connectivity index (χ2n) is 4.72. The highest BCUT2D eigenvalue weighted by molar-refractivity contribution is 7.89. The van der Waals surface area contributed by atoms with Gasteiger partial charge < -0.3 is 5.32 Å². The van der Waals surface area contributed by atoms with E-state index in [1.165, 1.54) is 0 Å². The molecule has 100 valence electrons. The van der Waals surface area contributed by atoms with Crippen LogP contribution in [0, 0.1) is 5.92 Å². The van der Waals surface area contributed by atoms with Crippen molar-refractivity contribution in [2.75, 3.05) is 11.9 Å². The summed E-state index contributed by atoms with van der Waals surface area (Å²) in [4.78, 5) is 4.33. The Kier molecular flexibility index (Phi) is 3.87. The van der Waals surface area contributed by atoms with Gasteiger partial charge in [0.2, 0.25) is 10.0 Å². The molecule has 1 aromatic rings. The van der Waals surface area contributed by atoms with Gasteiger partial charge in [-0.25, -0.2) is 18.1 Å². The zero-order chi connectivity index (χ0) is 13.2. The molecule has 0 spiro atoms. The molecule has 0 amide bonds. The first kappa shape index (κ1) is 13.3. The number of sulfonamides is 1. The summed E-state index contributed by atoms with van der Waals surface area (Å²) in [6.07, 6.45) is 3.43. The molecule has 0 bridgehead atoms. The minimum atomic E-state index is -3.47. The zero-order valence-corrected chi connectivity index (χ0v) is 11.5. The topological polar surface area (TPSA) is 71.1 Å². The van der Waals surface area contributed by atoms with Crippen LogP contribution in [0.25, 0.3) is 0 Å². The molecule has 2 rings (SSSR count). The molecule has 0 radical (unpaired) electrons. The van der Waals surface area contributed by atoms with Crippen LogP contribution in [-0.4, -0.2) is 26.0 Å². The van der Waals surface area contributed by atoms with Crippen molar-refractivity contribution in [1.29, 1.82) is 0 Å². The lowest BCUT2D eigenvalue weighted by molar-refractivity contribution is 0.578. The molecule has 1 aliphatic carbocycles. The van der Waals surface area contributed by atoms with Crippen LogP contribution in [0.2, 0.25) is 0 Å². The normalized spacial score (nSPS) is 22.8. The Balaban J connectivity index is 2.20. The number of anilines is 1. The third-order valence-electron chi connectivity index (χ3n) is 3.02. The first-order valence-electron chi connectivity index (χ1n) is 6.26. The summed E-state index contributed by atoms with van der Waals surface area (Å²) in [6.45, 7) is 4.76. The zero-order valence-electron chi connectivity index (χ0n) is 10.7. The Morgan fingerprint density at radius 2 is 2.22 bits per heavy atom. The van der Waals surface area contributed by atoms with E-state index in [4.69, 9.17) is 0 Å². The number of nitrogens with zero attached hydrogens (tertiary/aromatic N) is 1. The Bertz CT molecular complexity index is 516. The molecule has 2 unspecified atom stereocenters. The fourth-order valence-electron chi connectivity index (χ4n) is 1.73. The van der Waals surface area contributed by atoms with Gasteiger partial charge in [0.05, 0.1) is 0 Å². The second-order valence-corrected chi connectivity index (χ2v) is 6.40. The van der Waals surface area contributed by atoms with E-state index < -0.39 is 10.0 Å². The van der Waals surface area contributed by atoms with Crippen LogP contribution in [0.4, 0.5) is 5.82 Å². The van der Waals surface area contributed by atoms with Gasteiger partial charge in [0.1, 0.15) is 10.7 Å². The number of rotatable bonds is 6. The fourth-order valence-corrected chi connectivity index (χ4v) is 3.22. The molecule has 1 aliphatic rings. The van der Waals surface area contributed by atoms with Crippen molar-refractivity contribution in [3.8, 4) is 0 Å². The van der Waals surface area contributed by atoms with Crippen molar-refractivity contribution in [2.45, 2.75) is 37.6 Å². The lowest BCUT2D eigenvalue weighted by atomic mass is 10.4. The quantitative estimate of drug-likeness (QED) is 0.822. The van der Waals surface area contributed by atoms with Crippen LogP contribution in [0.15, 0.2) is 23.2 Å². The highest BCUT2D eigenvalue weighted by Crippen LogP contribution is 2.31. The van der Waals surface area contributed by atoms with Gasteiger partial charge in [0, 0.05) is 18.8 Å². The molecule has 5 nitrogen and oxygen atoms in total. The van der Waals surface area contributed by atoms with E-state index in [2.05, 4.69) is 15.0 Å². The van der Waals surface area contributed by atoms with Crippen LogP contribution in [0.1, 0.15) is 26.7 Å². The summed E-state index contributed by atoms with van der Waals surface area (Å²) >= 11 is 0. The van der Waals surface area contributed by atoms with Crippen molar-refractivity contribution in [1.82, 2.24) is 9.71 Å². The smallest absolute Gasteiger partial charge is 0.244 e. The van der Waals surface area contributed by atoms with Gasteiger partial charge in [-0.05, 0) is 30.9 Å². The van der Waals surface area contributed by atoms with E-state index in [-0.39, 0.29) is 10.9 Å². The van der Waals surface area contributed by atoms with Crippen LogP contribution in [-0.2, 0) is 10.0 Å². The van der Waals surface area contributed by atoms with Crippen LogP contribution in [0.5, 0.6) is 0 Å². The summed E-state index contributed by atoms with van der Waals surface area (Å²) in [5.41, 5.74) is 0. The molecular weight excluding hydrogens is 250 g/mol. The number of hydrogen-bond acceptors (Lipinski definition) is 4.